The number of carbonyl (C=O) groups excluding carboxylic acids is 1. The van der Waals surface area contributed by atoms with Crippen LogP contribution in [0.3, 0.4) is 0 Å². The van der Waals surface area contributed by atoms with Crippen LogP contribution in [-0.2, 0) is 16.1 Å². The number of thiazole rings is 1. The maximum Gasteiger partial charge on any atom is 0.434 e. The van der Waals surface area contributed by atoms with Crippen LogP contribution in [0.4, 0.5) is 17.6 Å². The molecule has 0 saturated carbocycles. The average molecular weight is 663 g/mol. The number of benzene rings is 4. The summed E-state index contributed by atoms with van der Waals surface area (Å²) in [6.07, 6.45) is -3.56. The highest BCUT2D eigenvalue weighted by Gasteiger charge is 2.46. The Morgan fingerprint density at radius 1 is 0.979 bits per heavy atom. The van der Waals surface area contributed by atoms with E-state index in [0.717, 1.165) is 15.9 Å². The normalized spacial score (nSPS) is 14.9. The number of methoxy groups -OCH3 is 1. The van der Waals surface area contributed by atoms with Gasteiger partial charge in [-0.15, -0.1) is 0 Å². The molecule has 4 aromatic carbocycles. The second kappa shape index (κ2) is 12.9. The maximum absolute atomic E-state index is 14.7. The predicted molar refractivity (Wildman–Crippen MR) is 168 cm³/mol. The van der Waals surface area contributed by atoms with E-state index in [1.807, 2.05) is 0 Å². The van der Waals surface area contributed by atoms with Crippen molar-refractivity contribution in [1.82, 2.24) is 4.57 Å². The van der Waals surface area contributed by atoms with Crippen LogP contribution in [0.1, 0.15) is 29.7 Å². The molecule has 240 valence electrons. The molecule has 5 aromatic rings. The Morgan fingerprint density at radius 2 is 1.70 bits per heavy atom. The van der Waals surface area contributed by atoms with Gasteiger partial charge in [0.25, 0.3) is 5.56 Å². The third-order valence-corrected chi connectivity index (χ3v) is 8.52. The Kier molecular flexibility index (Phi) is 8.69. The summed E-state index contributed by atoms with van der Waals surface area (Å²) in [5.41, 5.74) is -1.59. The first-order chi connectivity index (χ1) is 22.6. The lowest BCUT2D eigenvalue weighted by atomic mass is 9.90. The lowest BCUT2D eigenvalue weighted by molar-refractivity contribution is -0.140. The molecule has 0 saturated heterocycles. The van der Waals surface area contributed by atoms with E-state index in [0.29, 0.717) is 27.6 Å². The van der Waals surface area contributed by atoms with Crippen molar-refractivity contribution in [2.24, 2.45) is 4.99 Å². The summed E-state index contributed by atoms with van der Waals surface area (Å²) < 4.78 is 75.3. The lowest BCUT2D eigenvalue weighted by Gasteiger charge is -2.28. The van der Waals surface area contributed by atoms with Crippen LogP contribution < -0.4 is 24.4 Å². The van der Waals surface area contributed by atoms with Gasteiger partial charge in [-0.3, -0.25) is 9.36 Å². The molecule has 1 aromatic heterocycles. The van der Waals surface area contributed by atoms with Gasteiger partial charge in [-0.05, 0) is 53.6 Å². The highest BCUT2D eigenvalue weighted by atomic mass is 32.1. The summed E-state index contributed by atoms with van der Waals surface area (Å²) in [4.78, 5) is 31.3. The number of alkyl halides is 3. The van der Waals surface area contributed by atoms with E-state index >= 15 is 0 Å². The van der Waals surface area contributed by atoms with Gasteiger partial charge in [0.2, 0.25) is 0 Å². The largest absolute Gasteiger partial charge is 0.496 e. The van der Waals surface area contributed by atoms with Gasteiger partial charge in [-0.25, -0.2) is 14.2 Å². The molecule has 0 fully saturated rings. The highest BCUT2D eigenvalue weighted by molar-refractivity contribution is 7.07. The Bertz CT molecular complexity index is 2200. The summed E-state index contributed by atoms with van der Waals surface area (Å²) in [7, 11) is 1.36. The minimum Gasteiger partial charge on any atom is -0.496 e. The monoisotopic (exact) mass is 662 g/mol. The molecule has 0 amide bonds. The molecule has 0 aliphatic carbocycles. The minimum atomic E-state index is -5.06. The van der Waals surface area contributed by atoms with E-state index in [-0.39, 0.29) is 39.7 Å². The van der Waals surface area contributed by atoms with E-state index in [4.69, 9.17) is 14.2 Å². The van der Waals surface area contributed by atoms with Gasteiger partial charge in [0.1, 0.15) is 30.0 Å². The predicted octanol–water partition coefficient (Wildman–Crippen LogP) is 6.22. The fourth-order valence-corrected chi connectivity index (χ4v) is 6.46. The zero-order chi connectivity index (χ0) is 33.3. The Morgan fingerprint density at radius 3 is 2.43 bits per heavy atom. The third kappa shape index (κ3) is 6.16. The first-order valence-corrected chi connectivity index (χ1v) is 15.2. The summed E-state index contributed by atoms with van der Waals surface area (Å²) in [5.74, 6) is -1.08. The number of hydrogen-bond donors (Lipinski definition) is 0. The highest BCUT2D eigenvalue weighted by Crippen LogP contribution is 2.43. The quantitative estimate of drug-likeness (QED) is 0.146. The molecule has 7 nitrogen and oxygen atoms in total. The van der Waals surface area contributed by atoms with Crippen molar-refractivity contribution in [1.29, 1.82) is 0 Å². The third-order valence-electron chi connectivity index (χ3n) is 7.53. The zero-order valence-corrected chi connectivity index (χ0v) is 25.8. The lowest BCUT2D eigenvalue weighted by Crippen LogP contribution is -2.41. The average Bonchev–Trinajstić information content (AvgIpc) is 3.37. The number of ether oxygens (including phenoxy) is 3. The molecule has 1 aliphatic heterocycles. The molecule has 0 spiro atoms. The number of allylic oxidation sites excluding steroid dienone is 1. The molecule has 0 bridgehead atoms. The molecular formula is C35H26F4N2O5S. The van der Waals surface area contributed by atoms with E-state index in [2.05, 4.69) is 4.99 Å². The molecule has 0 unspecified atom stereocenters. The number of nitrogens with zero attached hydrogens (tertiary/aromatic N) is 2. The summed E-state index contributed by atoms with van der Waals surface area (Å²) in [5, 5.41) is 1.14. The van der Waals surface area contributed by atoms with Crippen molar-refractivity contribution in [2.45, 2.75) is 25.7 Å². The standard InChI is InChI=1S/C35H26F4N2O5S/c1-3-45-33(43)29-30(28-24-10-6-4-8-21(24)14-17-26(28)44-2)41-32(42)27(47-34(41)40-31(29)35(37,38)39)18-22-9-5-7-11-25(22)46-19-20-12-15-23(36)16-13-20/h4-18,30H,3,19H2,1-2H3/b27-18-/t30-/m0/s1. The minimum absolute atomic E-state index is 0.0532. The van der Waals surface area contributed by atoms with Gasteiger partial charge < -0.3 is 14.2 Å². The molecule has 1 aliphatic rings. The molecule has 2 heterocycles. The van der Waals surface area contributed by atoms with E-state index in [9.17, 15) is 27.2 Å². The van der Waals surface area contributed by atoms with Crippen LogP contribution in [0.5, 0.6) is 11.5 Å². The van der Waals surface area contributed by atoms with Crippen molar-refractivity contribution < 1.29 is 36.6 Å². The summed E-state index contributed by atoms with van der Waals surface area (Å²) in [6, 6.07) is 21.3. The van der Waals surface area contributed by atoms with Crippen LogP contribution in [0.25, 0.3) is 16.8 Å². The van der Waals surface area contributed by atoms with Gasteiger partial charge in [0, 0.05) is 11.1 Å². The number of halogens is 4. The molecule has 1 atom stereocenters. The van der Waals surface area contributed by atoms with E-state index < -0.39 is 35.0 Å². The number of carbonyl (C=O) groups is 1. The molecule has 47 heavy (non-hydrogen) atoms. The van der Waals surface area contributed by atoms with Gasteiger partial charge in [0.15, 0.2) is 10.5 Å². The van der Waals surface area contributed by atoms with Crippen LogP contribution in [0.2, 0.25) is 0 Å². The number of rotatable bonds is 8. The van der Waals surface area contributed by atoms with Gasteiger partial charge in [-0.1, -0.05) is 72.0 Å². The Labute approximate surface area is 269 Å². The Hall–Kier alpha value is -5.23. The van der Waals surface area contributed by atoms with Crippen LogP contribution in [-0.4, -0.2) is 30.4 Å². The molecule has 0 radical (unpaired) electrons. The number of hydrogen-bond acceptors (Lipinski definition) is 7. The molecule has 12 heteroatoms. The summed E-state index contributed by atoms with van der Waals surface area (Å²) in [6.45, 7) is 1.38. The molecule has 0 N–H and O–H groups in total. The number of esters is 1. The second-order valence-electron chi connectivity index (χ2n) is 10.4. The number of fused-ring (bicyclic) bond motifs is 2. The maximum atomic E-state index is 14.7. The SMILES string of the molecule is CCOC(=O)C1=C(C(F)(F)F)N=c2s/c(=C\c3ccccc3OCc3ccc(F)cc3)c(=O)n2[C@H]1c1c(OC)ccc2ccccc12. The van der Waals surface area contributed by atoms with E-state index in [1.165, 1.54) is 32.2 Å². The van der Waals surface area contributed by atoms with Crippen molar-refractivity contribution in [3.8, 4) is 11.5 Å². The van der Waals surface area contributed by atoms with Crippen molar-refractivity contribution in [2.75, 3.05) is 13.7 Å². The Balaban J connectivity index is 1.59. The van der Waals surface area contributed by atoms with Crippen LogP contribution >= 0.6 is 11.3 Å². The first kappa shape index (κ1) is 31.7. The number of para-hydroxylation sites is 1. The fraction of sp³-hybridized carbons (Fsp3) is 0.171. The first-order valence-electron chi connectivity index (χ1n) is 14.4. The van der Waals surface area contributed by atoms with Crippen molar-refractivity contribution in [3.63, 3.8) is 0 Å². The smallest absolute Gasteiger partial charge is 0.434 e. The molecular weight excluding hydrogens is 636 g/mol. The van der Waals surface area contributed by atoms with E-state index in [1.54, 1.807) is 72.8 Å². The van der Waals surface area contributed by atoms with Crippen LogP contribution in [0, 0.1) is 5.82 Å². The second-order valence-corrected chi connectivity index (χ2v) is 11.4. The van der Waals surface area contributed by atoms with Crippen molar-refractivity contribution >= 4 is 34.2 Å². The van der Waals surface area contributed by atoms with Gasteiger partial charge >= 0.3 is 12.1 Å². The van der Waals surface area contributed by atoms with Crippen LogP contribution in [0.15, 0.2) is 106 Å². The summed E-state index contributed by atoms with van der Waals surface area (Å²) >= 11 is 0.750. The van der Waals surface area contributed by atoms with Gasteiger partial charge in [0.05, 0.1) is 23.8 Å². The zero-order valence-electron chi connectivity index (χ0n) is 25.0. The topological polar surface area (TPSA) is 79.1 Å². The van der Waals surface area contributed by atoms with Crippen molar-refractivity contribution in [3.05, 3.63) is 138 Å². The molecule has 6 rings (SSSR count). The van der Waals surface area contributed by atoms with Gasteiger partial charge in [-0.2, -0.15) is 13.2 Å². The number of aromatic nitrogens is 1. The fourth-order valence-electron chi connectivity index (χ4n) is 5.46.